The fraction of sp³-hybridized carbons (Fsp3) is 0.321. The molecule has 0 aromatic heterocycles. The maximum Gasteiger partial charge on any atom is 0.471 e. The molecule has 1 aliphatic rings. The summed E-state index contributed by atoms with van der Waals surface area (Å²) in [6, 6.07) is 16.5. The van der Waals surface area contributed by atoms with Crippen LogP contribution in [0.3, 0.4) is 0 Å². The Balaban J connectivity index is 1.65. The number of alkyl halides is 3. The number of fused-ring (bicyclic) bond motifs is 1. The SMILES string of the molecule is COc1c(C#N)cc2ccccc2c1CNC(=O)C(C)(c1ccc(F)cc1)N1CCN(C(=O)C(F)(F)F)CC1. The number of amides is 2. The number of hydrogen-bond donors (Lipinski definition) is 1. The van der Waals surface area contributed by atoms with Crippen LogP contribution in [-0.2, 0) is 21.7 Å². The monoisotopic (exact) mass is 542 g/mol. The highest BCUT2D eigenvalue weighted by atomic mass is 19.4. The summed E-state index contributed by atoms with van der Waals surface area (Å²) in [5.74, 6) is -2.60. The molecule has 0 radical (unpaired) electrons. The Morgan fingerprint density at radius 1 is 1.05 bits per heavy atom. The number of halogens is 4. The summed E-state index contributed by atoms with van der Waals surface area (Å²) in [5.41, 5.74) is -0.0916. The van der Waals surface area contributed by atoms with E-state index >= 15 is 0 Å². The lowest BCUT2D eigenvalue weighted by atomic mass is 9.87. The number of nitriles is 1. The third-order valence-electron chi connectivity index (χ3n) is 7.15. The average molecular weight is 543 g/mol. The van der Waals surface area contributed by atoms with Crippen LogP contribution in [-0.4, -0.2) is 61.1 Å². The third kappa shape index (κ3) is 5.38. The summed E-state index contributed by atoms with van der Waals surface area (Å²) in [6.07, 6.45) is -4.99. The van der Waals surface area contributed by atoms with Gasteiger partial charge in [-0.3, -0.25) is 14.5 Å². The quantitative estimate of drug-likeness (QED) is 0.475. The minimum atomic E-state index is -4.99. The van der Waals surface area contributed by atoms with Crippen LogP contribution in [0.4, 0.5) is 17.6 Å². The van der Waals surface area contributed by atoms with Crippen LogP contribution < -0.4 is 10.1 Å². The molecule has 1 fully saturated rings. The van der Waals surface area contributed by atoms with Crippen molar-refractivity contribution in [2.45, 2.75) is 25.2 Å². The van der Waals surface area contributed by atoms with Gasteiger partial charge in [0.25, 0.3) is 0 Å². The van der Waals surface area contributed by atoms with Gasteiger partial charge in [-0.2, -0.15) is 18.4 Å². The van der Waals surface area contributed by atoms with Gasteiger partial charge < -0.3 is 15.0 Å². The molecule has 39 heavy (non-hydrogen) atoms. The van der Waals surface area contributed by atoms with E-state index in [0.717, 1.165) is 10.8 Å². The molecular weight excluding hydrogens is 516 g/mol. The predicted molar refractivity (Wildman–Crippen MR) is 135 cm³/mol. The summed E-state index contributed by atoms with van der Waals surface area (Å²) >= 11 is 0. The number of hydrogen-bond acceptors (Lipinski definition) is 5. The number of methoxy groups -OCH3 is 1. The molecule has 0 aliphatic carbocycles. The van der Waals surface area contributed by atoms with Crippen molar-refractivity contribution in [3.63, 3.8) is 0 Å². The molecule has 1 atom stereocenters. The lowest BCUT2D eigenvalue weighted by Gasteiger charge is -2.45. The highest BCUT2D eigenvalue weighted by Crippen LogP contribution is 2.34. The van der Waals surface area contributed by atoms with Crippen molar-refractivity contribution in [1.29, 1.82) is 5.26 Å². The van der Waals surface area contributed by atoms with Crippen molar-refractivity contribution in [3.8, 4) is 11.8 Å². The fourth-order valence-corrected chi connectivity index (χ4v) is 5.00. The van der Waals surface area contributed by atoms with Gasteiger partial charge in [0.1, 0.15) is 23.2 Å². The number of carbonyl (C=O) groups is 2. The standard InChI is InChI=1S/C28H26F4N4O3/c1-27(20-7-9-21(29)10-8-20,36-13-11-35(12-14-36)26(38)28(30,31)32)25(37)34-17-23-22-6-4-3-5-18(22)15-19(16-33)24(23)39-2/h3-10,15H,11-14,17H2,1-2H3,(H,34,37). The maximum absolute atomic E-state index is 13.9. The molecule has 0 saturated carbocycles. The lowest BCUT2D eigenvalue weighted by molar-refractivity contribution is -0.187. The van der Waals surface area contributed by atoms with E-state index in [0.29, 0.717) is 27.3 Å². The molecule has 1 unspecified atom stereocenters. The molecule has 1 N–H and O–H groups in total. The largest absolute Gasteiger partial charge is 0.495 e. The first kappa shape index (κ1) is 27.9. The second-order valence-electron chi connectivity index (χ2n) is 9.31. The summed E-state index contributed by atoms with van der Waals surface area (Å²) in [6.45, 7) is 1.11. The molecule has 3 aromatic carbocycles. The van der Waals surface area contributed by atoms with Crippen LogP contribution in [0.15, 0.2) is 54.6 Å². The molecule has 11 heteroatoms. The van der Waals surface area contributed by atoms with E-state index in [9.17, 15) is 32.4 Å². The van der Waals surface area contributed by atoms with Gasteiger partial charge in [-0.05, 0) is 41.5 Å². The highest BCUT2D eigenvalue weighted by molar-refractivity contribution is 5.91. The Hall–Kier alpha value is -4.17. The van der Waals surface area contributed by atoms with E-state index in [2.05, 4.69) is 11.4 Å². The molecule has 1 saturated heterocycles. The molecule has 0 bridgehead atoms. The molecule has 2 amide bonds. The Morgan fingerprint density at radius 3 is 2.28 bits per heavy atom. The van der Waals surface area contributed by atoms with Gasteiger partial charge in [0.05, 0.1) is 12.7 Å². The van der Waals surface area contributed by atoms with Gasteiger partial charge in [0, 0.05) is 38.3 Å². The summed E-state index contributed by atoms with van der Waals surface area (Å²) in [7, 11) is 1.43. The smallest absolute Gasteiger partial charge is 0.471 e. The number of benzene rings is 3. The van der Waals surface area contributed by atoms with E-state index in [-0.39, 0.29) is 32.7 Å². The molecular formula is C28H26F4N4O3. The number of piperazine rings is 1. The molecule has 7 nitrogen and oxygen atoms in total. The Kier molecular flexibility index (Phi) is 7.79. The van der Waals surface area contributed by atoms with Crippen LogP contribution in [0.1, 0.15) is 23.6 Å². The molecule has 3 aromatic rings. The predicted octanol–water partition coefficient (Wildman–Crippen LogP) is 4.10. The Labute approximate surface area is 222 Å². The van der Waals surface area contributed by atoms with Crippen LogP contribution in [0.5, 0.6) is 5.75 Å². The van der Waals surface area contributed by atoms with Crippen molar-refractivity contribution in [3.05, 3.63) is 77.1 Å². The van der Waals surface area contributed by atoms with Crippen LogP contribution in [0.25, 0.3) is 10.8 Å². The molecule has 204 valence electrons. The zero-order valence-electron chi connectivity index (χ0n) is 21.3. The van der Waals surface area contributed by atoms with E-state index in [4.69, 9.17) is 4.74 Å². The summed E-state index contributed by atoms with van der Waals surface area (Å²) in [4.78, 5) is 28.0. The van der Waals surface area contributed by atoms with Crippen LogP contribution in [0, 0.1) is 17.1 Å². The van der Waals surface area contributed by atoms with E-state index in [1.807, 2.05) is 24.3 Å². The van der Waals surface area contributed by atoms with Gasteiger partial charge in [0.15, 0.2) is 0 Å². The van der Waals surface area contributed by atoms with Gasteiger partial charge in [-0.15, -0.1) is 0 Å². The zero-order valence-corrected chi connectivity index (χ0v) is 21.3. The topological polar surface area (TPSA) is 85.7 Å². The molecule has 4 rings (SSSR count). The van der Waals surface area contributed by atoms with Crippen molar-refractivity contribution < 1.29 is 31.9 Å². The Bertz CT molecular complexity index is 1430. The first-order valence-electron chi connectivity index (χ1n) is 12.1. The van der Waals surface area contributed by atoms with Crippen molar-refractivity contribution in [1.82, 2.24) is 15.1 Å². The summed E-state index contributed by atoms with van der Waals surface area (Å²) < 4.78 is 58.1. The van der Waals surface area contributed by atoms with E-state index in [1.54, 1.807) is 17.9 Å². The average Bonchev–Trinajstić information content (AvgIpc) is 2.94. The number of ether oxygens (including phenoxy) is 1. The normalized spacial score (nSPS) is 15.9. The van der Waals surface area contributed by atoms with Crippen molar-refractivity contribution in [2.24, 2.45) is 0 Å². The van der Waals surface area contributed by atoms with Gasteiger partial charge in [-0.25, -0.2) is 4.39 Å². The van der Waals surface area contributed by atoms with Crippen molar-refractivity contribution in [2.75, 3.05) is 33.3 Å². The van der Waals surface area contributed by atoms with Crippen molar-refractivity contribution >= 4 is 22.6 Å². The summed E-state index contributed by atoms with van der Waals surface area (Å²) in [5, 5.41) is 14.1. The minimum absolute atomic E-state index is 0.0126. The number of nitrogens with zero attached hydrogens (tertiary/aromatic N) is 3. The third-order valence-corrected chi connectivity index (χ3v) is 7.15. The number of carbonyl (C=O) groups excluding carboxylic acids is 2. The van der Waals surface area contributed by atoms with Gasteiger partial charge >= 0.3 is 12.1 Å². The molecule has 1 heterocycles. The second kappa shape index (κ2) is 10.9. The van der Waals surface area contributed by atoms with E-state index in [1.165, 1.54) is 31.4 Å². The molecule has 0 spiro atoms. The number of rotatable bonds is 6. The fourth-order valence-electron chi connectivity index (χ4n) is 5.00. The first-order chi connectivity index (χ1) is 18.5. The maximum atomic E-state index is 13.9. The number of nitrogens with one attached hydrogen (secondary N) is 1. The second-order valence-corrected chi connectivity index (χ2v) is 9.31. The first-order valence-corrected chi connectivity index (χ1v) is 12.1. The molecule has 1 aliphatic heterocycles. The van der Waals surface area contributed by atoms with E-state index < -0.39 is 29.3 Å². The zero-order chi connectivity index (χ0) is 28.4. The highest BCUT2D eigenvalue weighted by Gasteiger charge is 2.47. The lowest BCUT2D eigenvalue weighted by Crippen LogP contribution is -2.61. The van der Waals surface area contributed by atoms with Gasteiger partial charge in [0.2, 0.25) is 5.91 Å². The van der Waals surface area contributed by atoms with Crippen LogP contribution >= 0.6 is 0 Å². The van der Waals surface area contributed by atoms with Crippen LogP contribution in [0.2, 0.25) is 0 Å². The van der Waals surface area contributed by atoms with Gasteiger partial charge in [-0.1, -0.05) is 36.4 Å². The minimum Gasteiger partial charge on any atom is -0.495 e. The Morgan fingerprint density at radius 2 is 1.69 bits per heavy atom.